The van der Waals surface area contributed by atoms with Crippen molar-refractivity contribution in [1.29, 1.82) is 0 Å². The Hall–Kier alpha value is -1.67. The van der Waals surface area contributed by atoms with Gasteiger partial charge in [-0.15, -0.1) is 0 Å². The van der Waals surface area contributed by atoms with Crippen molar-refractivity contribution in [1.82, 2.24) is 4.98 Å². The third kappa shape index (κ3) is 3.07. The fourth-order valence-corrected chi connectivity index (χ4v) is 3.05. The summed E-state index contributed by atoms with van der Waals surface area (Å²) in [5, 5.41) is 3.11. The molecule has 2 aromatic carbocycles. The minimum absolute atomic E-state index is 0.207. The first-order chi connectivity index (χ1) is 10.3. The Labute approximate surface area is 134 Å². The molecule has 0 aliphatic rings. The van der Waals surface area contributed by atoms with Crippen molar-refractivity contribution in [2.24, 2.45) is 0 Å². The molecule has 0 spiro atoms. The Kier molecular flexibility index (Phi) is 3.82. The third-order valence-electron chi connectivity index (χ3n) is 2.89. The summed E-state index contributed by atoms with van der Waals surface area (Å²) in [5.74, 6) is -0.482. The normalized spacial score (nSPS) is 11.9. The number of nitrogens with zero attached hydrogens (tertiary/aromatic N) is 1. The maximum Gasteiger partial charge on any atom is 0.416 e. The van der Waals surface area contributed by atoms with E-state index in [-0.39, 0.29) is 11.2 Å². The Morgan fingerprint density at radius 1 is 1.09 bits per heavy atom. The molecule has 0 saturated heterocycles. The van der Waals surface area contributed by atoms with E-state index in [0.717, 1.165) is 23.5 Å². The smallest absolute Gasteiger partial charge is 0.329 e. The van der Waals surface area contributed by atoms with Gasteiger partial charge in [0.2, 0.25) is 0 Å². The average Bonchev–Trinajstić information content (AvgIpc) is 2.82. The maximum atomic E-state index is 13.7. The summed E-state index contributed by atoms with van der Waals surface area (Å²) >= 11 is 4.31. The van der Waals surface area contributed by atoms with Crippen LogP contribution in [0.3, 0.4) is 0 Å². The van der Waals surface area contributed by atoms with E-state index in [1.54, 1.807) is 6.07 Å². The highest BCUT2D eigenvalue weighted by Gasteiger charge is 2.30. The van der Waals surface area contributed by atoms with Crippen LogP contribution in [0, 0.1) is 5.82 Å². The number of thiazole rings is 1. The van der Waals surface area contributed by atoms with Gasteiger partial charge in [0.15, 0.2) is 5.13 Å². The molecule has 0 atom stereocenters. The lowest BCUT2D eigenvalue weighted by molar-refractivity contribution is -0.137. The number of hydrogen-bond acceptors (Lipinski definition) is 3. The van der Waals surface area contributed by atoms with Crippen LogP contribution in [-0.2, 0) is 6.18 Å². The van der Waals surface area contributed by atoms with Gasteiger partial charge >= 0.3 is 6.18 Å². The van der Waals surface area contributed by atoms with Crippen LogP contribution in [0.4, 0.5) is 28.4 Å². The first kappa shape index (κ1) is 15.2. The second-order valence-corrected chi connectivity index (χ2v) is 6.39. The van der Waals surface area contributed by atoms with Crippen molar-refractivity contribution in [3.63, 3.8) is 0 Å². The molecule has 114 valence electrons. The zero-order valence-corrected chi connectivity index (χ0v) is 13.1. The zero-order valence-electron chi connectivity index (χ0n) is 10.7. The van der Waals surface area contributed by atoms with Gasteiger partial charge in [0.1, 0.15) is 5.82 Å². The Bertz CT molecular complexity index is 844. The van der Waals surface area contributed by atoms with Crippen LogP contribution in [-0.4, -0.2) is 4.98 Å². The number of halogens is 5. The first-order valence-corrected chi connectivity index (χ1v) is 7.64. The molecule has 0 radical (unpaired) electrons. The number of rotatable bonds is 2. The molecule has 0 bridgehead atoms. The molecular weight excluding hydrogens is 384 g/mol. The molecule has 0 fully saturated rings. The predicted octanol–water partition coefficient (Wildman–Crippen LogP) is 5.96. The highest BCUT2D eigenvalue weighted by molar-refractivity contribution is 9.10. The van der Waals surface area contributed by atoms with Crippen molar-refractivity contribution in [3.8, 4) is 0 Å². The second kappa shape index (κ2) is 5.51. The summed E-state index contributed by atoms with van der Waals surface area (Å²) < 4.78 is 52.9. The fraction of sp³-hybridized carbons (Fsp3) is 0.0714. The predicted molar refractivity (Wildman–Crippen MR) is 82.0 cm³/mol. The molecule has 2 nitrogen and oxygen atoms in total. The maximum absolute atomic E-state index is 13.7. The van der Waals surface area contributed by atoms with Crippen LogP contribution in [0.25, 0.3) is 10.2 Å². The van der Waals surface area contributed by atoms with Gasteiger partial charge in [-0.1, -0.05) is 27.3 Å². The highest BCUT2D eigenvalue weighted by atomic mass is 79.9. The second-order valence-electron chi connectivity index (χ2n) is 4.45. The number of hydrogen-bond donors (Lipinski definition) is 1. The Morgan fingerprint density at radius 2 is 1.86 bits per heavy atom. The van der Waals surface area contributed by atoms with Crippen LogP contribution in [0.15, 0.2) is 40.9 Å². The van der Waals surface area contributed by atoms with E-state index in [0.29, 0.717) is 14.3 Å². The van der Waals surface area contributed by atoms with Crippen molar-refractivity contribution in [3.05, 3.63) is 52.3 Å². The molecule has 22 heavy (non-hydrogen) atoms. The first-order valence-electron chi connectivity index (χ1n) is 6.03. The van der Waals surface area contributed by atoms with Crippen molar-refractivity contribution in [2.45, 2.75) is 6.18 Å². The highest BCUT2D eigenvalue weighted by Crippen LogP contribution is 2.35. The number of benzene rings is 2. The van der Waals surface area contributed by atoms with Crippen molar-refractivity contribution >= 4 is 48.3 Å². The minimum Gasteiger partial charge on any atom is -0.329 e. The molecule has 0 amide bonds. The lowest BCUT2D eigenvalue weighted by atomic mass is 10.2. The van der Waals surface area contributed by atoms with Gasteiger partial charge in [-0.2, -0.15) is 13.2 Å². The van der Waals surface area contributed by atoms with Gasteiger partial charge in [0.25, 0.3) is 0 Å². The Morgan fingerprint density at radius 3 is 2.55 bits per heavy atom. The van der Waals surface area contributed by atoms with Crippen LogP contribution < -0.4 is 5.32 Å². The van der Waals surface area contributed by atoms with Crippen LogP contribution in [0.5, 0.6) is 0 Å². The molecule has 3 aromatic rings. The van der Waals surface area contributed by atoms with E-state index >= 15 is 0 Å². The average molecular weight is 391 g/mol. The summed E-state index contributed by atoms with van der Waals surface area (Å²) in [6, 6.07) is 7.81. The summed E-state index contributed by atoms with van der Waals surface area (Å²) in [7, 11) is 0. The van der Waals surface area contributed by atoms with Gasteiger partial charge in [0, 0.05) is 4.47 Å². The molecule has 1 N–H and O–H groups in total. The molecule has 0 aliphatic heterocycles. The topological polar surface area (TPSA) is 24.9 Å². The van der Waals surface area contributed by atoms with Gasteiger partial charge in [0.05, 0.1) is 21.5 Å². The van der Waals surface area contributed by atoms with Gasteiger partial charge < -0.3 is 5.32 Å². The van der Waals surface area contributed by atoms with E-state index in [4.69, 9.17) is 0 Å². The van der Waals surface area contributed by atoms with Crippen molar-refractivity contribution < 1.29 is 17.6 Å². The van der Waals surface area contributed by atoms with E-state index in [1.807, 2.05) is 0 Å². The summed E-state index contributed by atoms with van der Waals surface area (Å²) in [6.07, 6.45) is -4.41. The number of alkyl halides is 3. The fourth-order valence-electron chi connectivity index (χ4n) is 1.86. The van der Waals surface area contributed by atoms with Crippen molar-refractivity contribution in [2.75, 3.05) is 5.32 Å². The summed E-state index contributed by atoms with van der Waals surface area (Å²) in [5.41, 5.74) is -0.329. The number of nitrogens with one attached hydrogen (secondary N) is 1. The van der Waals surface area contributed by atoms with Crippen LogP contribution >= 0.6 is 27.3 Å². The van der Waals surface area contributed by atoms with E-state index in [2.05, 4.69) is 26.2 Å². The van der Waals surface area contributed by atoms with Gasteiger partial charge in [-0.3, -0.25) is 0 Å². The lowest BCUT2D eigenvalue weighted by Gasteiger charge is -2.05. The number of fused-ring (bicyclic) bond motifs is 1. The summed E-state index contributed by atoms with van der Waals surface area (Å²) in [4.78, 5) is 4.07. The molecule has 1 aromatic heterocycles. The van der Waals surface area contributed by atoms with Gasteiger partial charge in [-0.25, -0.2) is 9.37 Å². The monoisotopic (exact) mass is 390 g/mol. The number of anilines is 2. The molecular formula is C14H7BrF4N2S. The molecule has 0 unspecified atom stereocenters. The zero-order chi connectivity index (χ0) is 15.9. The van der Waals surface area contributed by atoms with E-state index in [9.17, 15) is 17.6 Å². The third-order valence-corrected chi connectivity index (χ3v) is 4.33. The molecule has 1 heterocycles. The standard InChI is InChI=1S/C14H7BrF4N2S/c15-8-2-3-10(9(16)6-8)20-13-21-11-5-7(14(17,18)19)1-4-12(11)22-13/h1-6H,(H,20,21). The lowest BCUT2D eigenvalue weighted by Crippen LogP contribution is -2.03. The quantitative estimate of drug-likeness (QED) is 0.546. The SMILES string of the molecule is Fc1cc(Br)ccc1Nc1nc2cc(C(F)(F)F)ccc2s1. The van der Waals surface area contributed by atoms with Gasteiger partial charge in [-0.05, 0) is 36.4 Å². The number of aromatic nitrogens is 1. The largest absolute Gasteiger partial charge is 0.416 e. The summed E-state index contributed by atoms with van der Waals surface area (Å²) in [6.45, 7) is 0. The van der Waals surface area contributed by atoms with E-state index in [1.165, 1.54) is 18.2 Å². The van der Waals surface area contributed by atoms with Crippen LogP contribution in [0.1, 0.15) is 5.56 Å². The minimum atomic E-state index is -4.41. The van der Waals surface area contributed by atoms with E-state index < -0.39 is 17.6 Å². The Balaban J connectivity index is 1.95. The molecule has 8 heteroatoms. The molecule has 0 saturated carbocycles. The van der Waals surface area contributed by atoms with Crippen LogP contribution in [0.2, 0.25) is 0 Å². The molecule has 0 aliphatic carbocycles. The molecule has 3 rings (SSSR count).